The first-order valence-electron chi connectivity index (χ1n) is 9.92. The van der Waals surface area contributed by atoms with Gasteiger partial charge in [0.1, 0.15) is 41.2 Å². The quantitative estimate of drug-likeness (QED) is 0.443. The van der Waals surface area contributed by atoms with Gasteiger partial charge in [-0.15, -0.1) is 0 Å². The fourth-order valence-corrected chi connectivity index (χ4v) is 3.28. The van der Waals surface area contributed by atoms with E-state index >= 15 is 0 Å². The summed E-state index contributed by atoms with van der Waals surface area (Å²) in [6, 6.07) is 5.71. The molecule has 0 bridgehead atoms. The van der Waals surface area contributed by atoms with Crippen LogP contribution in [0.15, 0.2) is 30.5 Å². The van der Waals surface area contributed by atoms with E-state index in [4.69, 9.17) is 32.1 Å². The molecule has 3 rings (SSSR count). The molecule has 0 spiro atoms. The maximum absolute atomic E-state index is 14.6. The summed E-state index contributed by atoms with van der Waals surface area (Å²) < 4.78 is 55.1. The topological polar surface area (TPSA) is 94.0 Å². The molecule has 0 saturated heterocycles. The molecular weight excluding hydrogens is 457 g/mol. The van der Waals surface area contributed by atoms with Gasteiger partial charge in [0.2, 0.25) is 0 Å². The van der Waals surface area contributed by atoms with E-state index < -0.39 is 40.6 Å². The van der Waals surface area contributed by atoms with Crippen molar-refractivity contribution in [3.8, 4) is 28.8 Å². The number of nitriles is 1. The van der Waals surface area contributed by atoms with Crippen molar-refractivity contribution in [3.05, 3.63) is 64.3 Å². The number of hydrogen-bond acceptors (Lipinski definition) is 6. The summed E-state index contributed by atoms with van der Waals surface area (Å²) in [6.45, 7) is 5.29. The summed E-state index contributed by atoms with van der Waals surface area (Å²) in [5.41, 5.74) is 5.77. The largest absolute Gasteiger partial charge is 0.486 e. The van der Waals surface area contributed by atoms with E-state index in [1.807, 2.05) is 13.8 Å². The molecule has 0 radical (unpaired) electrons. The van der Waals surface area contributed by atoms with Crippen LogP contribution in [0.5, 0.6) is 11.5 Å². The second kappa shape index (κ2) is 9.96. The van der Waals surface area contributed by atoms with Crippen LogP contribution in [0, 0.1) is 28.8 Å². The molecule has 2 aromatic heterocycles. The van der Waals surface area contributed by atoms with Crippen LogP contribution in [0.2, 0.25) is 5.15 Å². The highest BCUT2D eigenvalue weighted by Crippen LogP contribution is 2.37. The Kier molecular flexibility index (Phi) is 7.29. The predicted octanol–water partition coefficient (Wildman–Crippen LogP) is 5.64. The van der Waals surface area contributed by atoms with E-state index in [0.717, 1.165) is 18.2 Å². The van der Waals surface area contributed by atoms with Gasteiger partial charge in [-0.05, 0) is 31.0 Å². The number of nitrogens with zero attached hydrogens (tertiary/aromatic N) is 3. The summed E-state index contributed by atoms with van der Waals surface area (Å²) in [5.74, 6) is -3.09. The lowest BCUT2D eigenvalue weighted by Crippen LogP contribution is -2.22. The number of ether oxygens (including phenoxy) is 2. The van der Waals surface area contributed by atoms with Crippen LogP contribution >= 0.6 is 11.6 Å². The van der Waals surface area contributed by atoms with Gasteiger partial charge < -0.3 is 15.2 Å². The zero-order chi connectivity index (χ0) is 24.3. The summed E-state index contributed by atoms with van der Waals surface area (Å²) in [6.07, 6.45) is 0.912. The second-order valence-electron chi connectivity index (χ2n) is 7.50. The molecular formula is C23H20ClF3N4O2. The van der Waals surface area contributed by atoms with E-state index in [2.05, 4.69) is 9.97 Å². The summed E-state index contributed by atoms with van der Waals surface area (Å²) in [7, 11) is 0. The van der Waals surface area contributed by atoms with Gasteiger partial charge in [0, 0.05) is 12.3 Å². The number of nitrogen functional groups attached to an aromatic ring is 1. The van der Waals surface area contributed by atoms with E-state index in [0.29, 0.717) is 17.1 Å². The van der Waals surface area contributed by atoms with E-state index in [9.17, 15) is 13.2 Å². The highest BCUT2D eigenvalue weighted by atomic mass is 35.5. The first-order chi connectivity index (χ1) is 15.6. The van der Waals surface area contributed by atoms with E-state index in [1.54, 1.807) is 25.3 Å². The second-order valence-corrected chi connectivity index (χ2v) is 7.86. The Labute approximate surface area is 193 Å². The fraction of sp³-hybridized carbons (Fsp3) is 0.261. The summed E-state index contributed by atoms with van der Waals surface area (Å²) in [5, 5.41) is 8.61. The number of halogens is 4. The molecule has 3 aromatic rings. The normalized spacial score (nSPS) is 11.8. The van der Waals surface area contributed by atoms with Gasteiger partial charge in [-0.1, -0.05) is 25.4 Å². The van der Waals surface area contributed by atoms with Crippen LogP contribution in [0.1, 0.15) is 37.9 Å². The van der Waals surface area contributed by atoms with Gasteiger partial charge in [0.15, 0.2) is 17.4 Å². The van der Waals surface area contributed by atoms with Crippen LogP contribution in [0.4, 0.5) is 18.9 Å². The van der Waals surface area contributed by atoms with Crippen molar-refractivity contribution in [2.75, 3.05) is 12.3 Å². The third-order valence-corrected chi connectivity index (χ3v) is 4.95. The van der Waals surface area contributed by atoms with Crippen LogP contribution in [-0.2, 0) is 0 Å². The van der Waals surface area contributed by atoms with Gasteiger partial charge in [0.25, 0.3) is 0 Å². The molecule has 172 valence electrons. The predicted molar refractivity (Wildman–Crippen MR) is 118 cm³/mol. The number of hydrogen-bond donors (Lipinski definition) is 1. The average molecular weight is 477 g/mol. The Hall–Kier alpha value is -3.51. The van der Waals surface area contributed by atoms with Crippen molar-refractivity contribution >= 4 is 17.3 Å². The molecule has 0 aliphatic carbocycles. The van der Waals surface area contributed by atoms with Crippen molar-refractivity contribution in [2.45, 2.75) is 32.8 Å². The van der Waals surface area contributed by atoms with Crippen LogP contribution in [0.25, 0.3) is 11.3 Å². The smallest absolute Gasteiger partial charge is 0.167 e. The molecule has 1 atom stereocenters. The minimum Gasteiger partial charge on any atom is -0.486 e. The van der Waals surface area contributed by atoms with Gasteiger partial charge in [-0.3, -0.25) is 4.98 Å². The molecule has 0 amide bonds. The molecule has 2 heterocycles. The highest BCUT2D eigenvalue weighted by Gasteiger charge is 2.24. The van der Waals surface area contributed by atoms with Crippen molar-refractivity contribution in [1.29, 1.82) is 5.26 Å². The molecule has 0 aliphatic heterocycles. The van der Waals surface area contributed by atoms with Crippen molar-refractivity contribution < 1.29 is 22.6 Å². The Morgan fingerprint density at radius 1 is 1.12 bits per heavy atom. The zero-order valence-corrected chi connectivity index (χ0v) is 18.8. The Morgan fingerprint density at radius 3 is 2.48 bits per heavy atom. The molecule has 10 heteroatoms. The molecule has 2 N–H and O–H groups in total. The van der Waals surface area contributed by atoms with Crippen LogP contribution in [0.3, 0.4) is 0 Å². The molecule has 0 fully saturated rings. The molecule has 1 unspecified atom stereocenters. The van der Waals surface area contributed by atoms with Crippen molar-refractivity contribution in [2.24, 2.45) is 0 Å². The van der Waals surface area contributed by atoms with E-state index in [1.165, 1.54) is 0 Å². The van der Waals surface area contributed by atoms with Gasteiger partial charge in [-0.2, -0.15) is 5.26 Å². The fourth-order valence-electron chi connectivity index (χ4n) is 3.10. The van der Waals surface area contributed by atoms with E-state index in [-0.39, 0.29) is 23.2 Å². The van der Waals surface area contributed by atoms with Crippen LogP contribution in [-0.4, -0.2) is 22.7 Å². The minimum absolute atomic E-state index is 0.0747. The van der Waals surface area contributed by atoms with Gasteiger partial charge in [0.05, 0.1) is 22.5 Å². The standard InChI is InChI=1S/C23H20ClF3N4O2/c1-11(2)20-19(29)17(6-7-30-20)33-12(3)10-32-22-15(26)5-4-14(25)18(22)21-16(27)8-13(9-28)23(24)31-21/h4-8,11-12H,10,29H2,1-3H3. The summed E-state index contributed by atoms with van der Waals surface area (Å²) >= 11 is 5.87. The number of anilines is 1. The monoisotopic (exact) mass is 476 g/mol. The highest BCUT2D eigenvalue weighted by molar-refractivity contribution is 6.30. The summed E-state index contributed by atoms with van der Waals surface area (Å²) in [4.78, 5) is 7.97. The number of benzene rings is 1. The Bertz CT molecular complexity index is 1230. The number of aromatic nitrogens is 2. The number of nitrogens with two attached hydrogens (primary N) is 1. The lowest BCUT2D eigenvalue weighted by Gasteiger charge is -2.20. The van der Waals surface area contributed by atoms with Gasteiger partial charge in [-0.25, -0.2) is 18.2 Å². The first-order valence-corrected chi connectivity index (χ1v) is 10.3. The molecule has 0 saturated carbocycles. The van der Waals surface area contributed by atoms with Crippen LogP contribution < -0.4 is 15.2 Å². The SMILES string of the molecule is CC(COc1c(F)ccc(F)c1-c1nc(Cl)c(C#N)cc1F)Oc1ccnc(C(C)C)c1N. The maximum Gasteiger partial charge on any atom is 0.167 e. The van der Waals surface area contributed by atoms with Gasteiger partial charge >= 0.3 is 0 Å². The maximum atomic E-state index is 14.6. The molecule has 6 nitrogen and oxygen atoms in total. The lowest BCUT2D eigenvalue weighted by molar-refractivity contribution is 0.140. The lowest BCUT2D eigenvalue weighted by atomic mass is 10.1. The van der Waals surface area contributed by atoms with Crippen molar-refractivity contribution in [3.63, 3.8) is 0 Å². The third-order valence-electron chi connectivity index (χ3n) is 4.66. The Balaban J connectivity index is 1.89. The number of pyridine rings is 2. The Morgan fingerprint density at radius 2 is 1.82 bits per heavy atom. The zero-order valence-electron chi connectivity index (χ0n) is 18.0. The molecule has 1 aromatic carbocycles. The first kappa shape index (κ1) is 24.1. The average Bonchev–Trinajstić information content (AvgIpc) is 2.77. The third kappa shape index (κ3) is 5.12. The molecule has 0 aliphatic rings. The molecule has 33 heavy (non-hydrogen) atoms. The van der Waals surface area contributed by atoms with Crippen molar-refractivity contribution in [1.82, 2.24) is 9.97 Å². The minimum atomic E-state index is -1.06. The number of rotatable bonds is 7.